The molecule has 0 spiro atoms. The minimum absolute atomic E-state index is 0.225. The molecule has 5 rings (SSSR count). The topological polar surface area (TPSA) is 23.6 Å². The number of aryl methyl sites for hydroxylation is 1. The third-order valence-corrected chi connectivity index (χ3v) is 6.34. The summed E-state index contributed by atoms with van der Waals surface area (Å²) in [5.41, 5.74) is 3.16. The van der Waals surface area contributed by atoms with Crippen molar-refractivity contribution >= 4 is 17.2 Å². The fourth-order valence-corrected chi connectivity index (χ4v) is 5.15. The van der Waals surface area contributed by atoms with E-state index in [0.717, 1.165) is 42.7 Å². The van der Waals surface area contributed by atoms with E-state index in [-0.39, 0.29) is 5.91 Å². The number of hydrogen-bond donors (Lipinski definition) is 0. The second-order valence-corrected chi connectivity index (χ2v) is 8.31. The highest BCUT2D eigenvalue weighted by atomic mass is 32.1. The average Bonchev–Trinajstić information content (AvgIpc) is 2.78. The third kappa shape index (κ3) is 2.78. The maximum Gasteiger partial charge on any atom is 0.255 e. The lowest BCUT2D eigenvalue weighted by Gasteiger charge is -2.36. The summed E-state index contributed by atoms with van der Waals surface area (Å²) >= 11 is 1.69. The standard InChI is InChI=1S/C20H24N2OS/c1-14-19(16-6-4-3-5-7-16)18(13-24-14)20(23)22-11-15-8-9-17(22)12-21(2)10-15/h3-7,13,15,17H,8-12H2,1-2H3/t15-,17+/m1/s1. The lowest BCUT2D eigenvalue weighted by atomic mass is 9.93. The Morgan fingerprint density at radius 3 is 2.71 bits per heavy atom. The van der Waals surface area contributed by atoms with Gasteiger partial charge in [-0.2, -0.15) is 0 Å². The van der Waals surface area contributed by atoms with Crippen LogP contribution in [0.5, 0.6) is 0 Å². The lowest BCUT2D eigenvalue weighted by Crippen LogP contribution is -2.47. The van der Waals surface area contributed by atoms with E-state index in [4.69, 9.17) is 0 Å². The number of carbonyl (C=O) groups is 1. The summed E-state index contributed by atoms with van der Waals surface area (Å²) in [7, 11) is 2.18. The third-order valence-electron chi connectivity index (χ3n) is 5.42. The molecule has 126 valence electrons. The number of piperidine rings is 1. The van der Waals surface area contributed by atoms with Crippen LogP contribution >= 0.6 is 11.3 Å². The molecule has 4 heterocycles. The molecule has 3 fully saturated rings. The summed E-state index contributed by atoms with van der Waals surface area (Å²) in [6.07, 6.45) is 2.40. The normalized spacial score (nSPS) is 24.2. The molecule has 0 saturated carbocycles. The SMILES string of the molecule is Cc1scc(C(=O)N2C[C@@H]3CC[C@H]2CN(C)C3)c1-c1ccccc1. The van der Waals surface area contributed by atoms with Gasteiger partial charge >= 0.3 is 0 Å². The molecule has 2 atom stereocenters. The molecule has 4 heteroatoms. The molecule has 0 aliphatic carbocycles. The van der Waals surface area contributed by atoms with Crippen molar-refractivity contribution in [1.29, 1.82) is 0 Å². The van der Waals surface area contributed by atoms with Gasteiger partial charge in [-0.1, -0.05) is 30.3 Å². The molecule has 2 bridgehead atoms. The van der Waals surface area contributed by atoms with E-state index in [9.17, 15) is 4.79 Å². The van der Waals surface area contributed by atoms with Crippen LogP contribution in [0.3, 0.4) is 0 Å². The van der Waals surface area contributed by atoms with Crippen LogP contribution in [0.4, 0.5) is 0 Å². The molecule has 24 heavy (non-hydrogen) atoms. The molecule has 2 aromatic rings. The number of amides is 1. The number of nitrogens with zero attached hydrogens (tertiary/aromatic N) is 2. The Morgan fingerprint density at radius 1 is 1.12 bits per heavy atom. The average molecular weight is 340 g/mol. The van der Waals surface area contributed by atoms with Crippen LogP contribution in [0.25, 0.3) is 11.1 Å². The maximum atomic E-state index is 13.4. The number of carbonyl (C=O) groups excluding carboxylic acids is 1. The van der Waals surface area contributed by atoms with Gasteiger partial charge in [0.1, 0.15) is 0 Å². The Bertz CT molecular complexity index is 739. The quantitative estimate of drug-likeness (QED) is 0.828. The van der Waals surface area contributed by atoms with Gasteiger partial charge in [-0.05, 0) is 38.3 Å². The molecule has 0 radical (unpaired) electrons. The Labute approximate surface area is 147 Å². The fourth-order valence-electron chi connectivity index (χ4n) is 4.30. The predicted octanol–water partition coefficient (Wildman–Crippen LogP) is 3.89. The van der Waals surface area contributed by atoms with E-state index < -0.39 is 0 Å². The Morgan fingerprint density at radius 2 is 1.92 bits per heavy atom. The molecule has 3 aliphatic heterocycles. The molecular formula is C20H24N2OS. The van der Waals surface area contributed by atoms with Crippen LogP contribution in [0.1, 0.15) is 28.1 Å². The van der Waals surface area contributed by atoms with Gasteiger partial charge in [0.2, 0.25) is 0 Å². The van der Waals surface area contributed by atoms with Gasteiger partial charge in [-0.15, -0.1) is 11.3 Å². The van der Waals surface area contributed by atoms with Crippen molar-refractivity contribution in [2.75, 3.05) is 26.7 Å². The number of rotatable bonds is 2. The minimum Gasteiger partial charge on any atom is -0.334 e. The van der Waals surface area contributed by atoms with E-state index in [2.05, 4.69) is 41.3 Å². The first kappa shape index (κ1) is 15.9. The number of hydrogen-bond acceptors (Lipinski definition) is 3. The van der Waals surface area contributed by atoms with Crippen molar-refractivity contribution < 1.29 is 4.79 Å². The zero-order chi connectivity index (χ0) is 16.7. The monoisotopic (exact) mass is 340 g/mol. The first-order chi connectivity index (χ1) is 11.6. The van der Waals surface area contributed by atoms with Gasteiger partial charge in [-0.3, -0.25) is 4.79 Å². The summed E-state index contributed by atoms with van der Waals surface area (Å²) in [4.78, 5) is 19.1. The van der Waals surface area contributed by atoms with Crippen LogP contribution in [0.2, 0.25) is 0 Å². The van der Waals surface area contributed by atoms with Crippen LogP contribution < -0.4 is 0 Å². The highest BCUT2D eigenvalue weighted by molar-refractivity contribution is 7.10. The zero-order valence-corrected chi connectivity index (χ0v) is 15.2. The van der Waals surface area contributed by atoms with Crippen LogP contribution in [-0.4, -0.2) is 48.4 Å². The summed E-state index contributed by atoms with van der Waals surface area (Å²) in [6, 6.07) is 10.7. The highest BCUT2D eigenvalue weighted by Crippen LogP contribution is 2.35. The van der Waals surface area contributed by atoms with E-state index >= 15 is 0 Å². The highest BCUT2D eigenvalue weighted by Gasteiger charge is 2.37. The van der Waals surface area contributed by atoms with Gasteiger partial charge in [-0.25, -0.2) is 0 Å². The van der Waals surface area contributed by atoms with Crippen molar-refractivity contribution in [2.24, 2.45) is 5.92 Å². The van der Waals surface area contributed by atoms with Gasteiger partial charge in [0.15, 0.2) is 0 Å². The smallest absolute Gasteiger partial charge is 0.255 e. The number of thiophene rings is 1. The summed E-state index contributed by atoms with van der Waals surface area (Å²) in [6.45, 7) is 5.16. The summed E-state index contributed by atoms with van der Waals surface area (Å²) in [5, 5.41) is 2.06. The number of fused-ring (bicyclic) bond motifs is 4. The van der Waals surface area contributed by atoms with Crippen molar-refractivity contribution in [3.63, 3.8) is 0 Å². The van der Waals surface area contributed by atoms with Gasteiger partial charge in [0.05, 0.1) is 5.56 Å². The first-order valence-corrected chi connectivity index (χ1v) is 9.64. The Kier molecular flexibility index (Phi) is 4.19. The van der Waals surface area contributed by atoms with Crippen molar-refractivity contribution in [2.45, 2.75) is 25.8 Å². The van der Waals surface area contributed by atoms with Gasteiger partial charge in [0.25, 0.3) is 5.91 Å². The van der Waals surface area contributed by atoms with Crippen molar-refractivity contribution in [3.8, 4) is 11.1 Å². The second-order valence-electron chi connectivity index (χ2n) is 7.22. The summed E-state index contributed by atoms with van der Waals surface area (Å²) < 4.78 is 0. The molecular weight excluding hydrogens is 316 g/mol. The minimum atomic E-state index is 0.225. The molecule has 1 aromatic heterocycles. The van der Waals surface area contributed by atoms with Crippen LogP contribution in [0, 0.1) is 12.8 Å². The molecule has 1 amide bonds. The summed E-state index contributed by atoms with van der Waals surface area (Å²) in [5.74, 6) is 0.848. The van der Waals surface area contributed by atoms with E-state index in [1.807, 2.05) is 18.2 Å². The Balaban J connectivity index is 1.69. The molecule has 0 unspecified atom stereocenters. The predicted molar refractivity (Wildman–Crippen MR) is 99.5 cm³/mol. The van der Waals surface area contributed by atoms with Gasteiger partial charge in [0, 0.05) is 41.5 Å². The molecule has 1 aromatic carbocycles. The first-order valence-electron chi connectivity index (χ1n) is 8.76. The molecule has 0 N–H and O–H groups in total. The van der Waals surface area contributed by atoms with E-state index in [1.54, 1.807) is 11.3 Å². The maximum absolute atomic E-state index is 13.4. The van der Waals surface area contributed by atoms with Crippen LogP contribution in [-0.2, 0) is 0 Å². The van der Waals surface area contributed by atoms with Crippen molar-refractivity contribution in [3.05, 3.63) is 46.2 Å². The van der Waals surface area contributed by atoms with E-state index in [0.29, 0.717) is 12.0 Å². The molecule has 3 saturated heterocycles. The fraction of sp³-hybridized carbons (Fsp3) is 0.450. The van der Waals surface area contributed by atoms with Crippen LogP contribution in [0.15, 0.2) is 35.7 Å². The van der Waals surface area contributed by atoms with Crippen molar-refractivity contribution in [1.82, 2.24) is 9.80 Å². The zero-order valence-electron chi connectivity index (χ0n) is 14.4. The lowest BCUT2D eigenvalue weighted by molar-refractivity contribution is 0.0588. The van der Waals surface area contributed by atoms with E-state index in [1.165, 1.54) is 11.3 Å². The molecule has 3 aliphatic rings. The van der Waals surface area contributed by atoms with Gasteiger partial charge < -0.3 is 9.80 Å². The number of likely N-dealkylation sites (N-methyl/N-ethyl adjacent to an activating group) is 1. The largest absolute Gasteiger partial charge is 0.334 e. The Hall–Kier alpha value is -1.65. The number of benzene rings is 1. The molecule has 3 nitrogen and oxygen atoms in total. The second kappa shape index (κ2) is 6.34.